The second-order valence-corrected chi connectivity index (χ2v) is 10.3. The summed E-state index contributed by atoms with van der Waals surface area (Å²) in [5.41, 5.74) is 0.595. The quantitative estimate of drug-likeness (QED) is 0.638. The lowest BCUT2D eigenvalue weighted by Crippen LogP contribution is -2.43. The maximum atomic E-state index is 12.8. The van der Waals surface area contributed by atoms with Gasteiger partial charge in [0.15, 0.2) is 5.16 Å². The van der Waals surface area contributed by atoms with Crippen molar-refractivity contribution in [3.05, 3.63) is 51.4 Å². The van der Waals surface area contributed by atoms with Crippen molar-refractivity contribution < 1.29 is 8.42 Å². The Bertz CT molecular complexity index is 961. The largest absolute Gasteiger partial charge is 0.301 e. The van der Waals surface area contributed by atoms with E-state index in [-0.39, 0.29) is 21.7 Å². The molecule has 1 aromatic carbocycles. The predicted octanol–water partition coefficient (Wildman–Crippen LogP) is 3.76. The molecular weight excluding hydrogens is 418 g/mol. The summed E-state index contributed by atoms with van der Waals surface area (Å²) >= 11 is 7.31. The van der Waals surface area contributed by atoms with Crippen LogP contribution in [0.25, 0.3) is 0 Å². The Morgan fingerprint density at radius 3 is 2.68 bits per heavy atom. The van der Waals surface area contributed by atoms with Gasteiger partial charge in [-0.3, -0.25) is 4.79 Å². The van der Waals surface area contributed by atoms with Crippen molar-refractivity contribution in [1.29, 1.82) is 0 Å². The molecule has 2 atom stereocenters. The van der Waals surface area contributed by atoms with Crippen molar-refractivity contribution in [3.63, 3.8) is 0 Å². The zero-order chi connectivity index (χ0) is 20.1. The van der Waals surface area contributed by atoms with E-state index in [2.05, 4.69) is 14.7 Å². The zero-order valence-electron chi connectivity index (χ0n) is 15.7. The first kappa shape index (κ1) is 21.4. The molecule has 3 rings (SSSR count). The molecule has 28 heavy (non-hydrogen) atoms. The van der Waals surface area contributed by atoms with Crippen LogP contribution in [-0.4, -0.2) is 29.7 Å². The third-order valence-electron chi connectivity index (χ3n) is 4.68. The highest BCUT2D eigenvalue weighted by Crippen LogP contribution is 2.33. The molecule has 2 N–H and O–H groups in total. The maximum Gasteiger partial charge on any atom is 0.251 e. The second-order valence-electron chi connectivity index (χ2n) is 6.91. The molecule has 0 spiro atoms. The van der Waals surface area contributed by atoms with Crippen LogP contribution in [0, 0.1) is 0 Å². The summed E-state index contributed by atoms with van der Waals surface area (Å²) in [6.07, 6.45) is 5.26. The van der Waals surface area contributed by atoms with E-state index >= 15 is 0 Å². The van der Waals surface area contributed by atoms with Gasteiger partial charge in [-0.05, 0) is 43.5 Å². The van der Waals surface area contributed by atoms with Crippen LogP contribution in [0.4, 0.5) is 0 Å². The van der Waals surface area contributed by atoms with Crippen molar-refractivity contribution in [3.8, 4) is 0 Å². The highest BCUT2D eigenvalue weighted by atomic mass is 35.5. The fourth-order valence-electron chi connectivity index (χ4n) is 3.32. The van der Waals surface area contributed by atoms with Crippen LogP contribution < -0.4 is 10.3 Å². The second kappa shape index (κ2) is 9.43. The van der Waals surface area contributed by atoms with E-state index in [1.165, 1.54) is 30.0 Å². The fourth-order valence-corrected chi connectivity index (χ4v) is 6.11. The highest BCUT2D eigenvalue weighted by Gasteiger charge is 2.31. The van der Waals surface area contributed by atoms with E-state index in [0.29, 0.717) is 10.2 Å². The number of nitrogens with one attached hydrogen (secondary N) is 2. The van der Waals surface area contributed by atoms with Crippen molar-refractivity contribution >= 4 is 33.4 Å². The van der Waals surface area contributed by atoms with Gasteiger partial charge in [0.2, 0.25) is 10.0 Å². The van der Waals surface area contributed by atoms with Crippen LogP contribution >= 0.6 is 23.4 Å². The van der Waals surface area contributed by atoms with Gasteiger partial charge in [0, 0.05) is 28.1 Å². The third-order valence-corrected chi connectivity index (χ3v) is 7.72. The predicted molar refractivity (Wildman–Crippen MR) is 113 cm³/mol. The van der Waals surface area contributed by atoms with Gasteiger partial charge in [0.1, 0.15) is 0 Å². The molecule has 0 radical (unpaired) electrons. The summed E-state index contributed by atoms with van der Waals surface area (Å²) in [7, 11) is -3.64. The number of halogens is 1. The van der Waals surface area contributed by atoms with Gasteiger partial charge in [-0.25, -0.2) is 18.1 Å². The van der Waals surface area contributed by atoms with E-state index in [4.69, 9.17) is 11.6 Å². The Kier molecular flexibility index (Phi) is 7.20. The van der Waals surface area contributed by atoms with E-state index in [0.717, 1.165) is 44.2 Å². The van der Waals surface area contributed by atoms with Gasteiger partial charge in [0.05, 0.1) is 4.90 Å². The molecule has 2 aromatic rings. The summed E-state index contributed by atoms with van der Waals surface area (Å²) in [5.74, 6) is 0. The summed E-state index contributed by atoms with van der Waals surface area (Å²) in [4.78, 5) is 19.4. The van der Waals surface area contributed by atoms with E-state index < -0.39 is 10.0 Å². The Labute approximate surface area is 174 Å². The van der Waals surface area contributed by atoms with Crippen molar-refractivity contribution in [2.24, 2.45) is 0 Å². The standard InChI is InChI=1S/C19H24ClN3O3S2/c1-2-5-14-12-18(24)22-19(21-14)27-17-7-4-3-6-16(17)23-28(25,26)15-10-8-13(20)9-11-15/h8-12,16-17,23H,2-7H2,1H3,(H,21,22,24). The van der Waals surface area contributed by atoms with Crippen molar-refractivity contribution in [2.75, 3.05) is 0 Å². The summed E-state index contributed by atoms with van der Waals surface area (Å²) in [6, 6.07) is 7.44. The molecule has 2 unspecified atom stereocenters. The molecule has 0 saturated heterocycles. The van der Waals surface area contributed by atoms with E-state index in [1.54, 1.807) is 12.1 Å². The molecule has 1 fully saturated rings. The van der Waals surface area contributed by atoms with Crippen LogP contribution in [0.1, 0.15) is 44.7 Å². The Morgan fingerprint density at radius 2 is 1.96 bits per heavy atom. The number of hydrogen-bond acceptors (Lipinski definition) is 5. The first-order valence-corrected chi connectivity index (χ1v) is 12.2. The molecule has 1 saturated carbocycles. The number of benzene rings is 1. The lowest BCUT2D eigenvalue weighted by atomic mass is 9.96. The van der Waals surface area contributed by atoms with E-state index in [9.17, 15) is 13.2 Å². The van der Waals surface area contributed by atoms with Crippen LogP contribution in [0.2, 0.25) is 5.02 Å². The van der Waals surface area contributed by atoms with Gasteiger partial charge in [-0.15, -0.1) is 0 Å². The topological polar surface area (TPSA) is 91.9 Å². The molecule has 0 aliphatic heterocycles. The number of aromatic amines is 1. The van der Waals surface area contributed by atoms with Gasteiger partial charge < -0.3 is 4.98 Å². The molecule has 1 heterocycles. The molecule has 1 aromatic heterocycles. The molecule has 1 aliphatic carbocycles. The van der Waals surface area contributed by atoms with Gasteiger partial charge in [0.25, 0.3) is 5.56 Å². The number of aryl methyl sites for hydroxylation is 1. The van der Waals surface area contributed by atoms with Gasteiger partial charge in [-0.2, -0.15) is 0 Å². The summed E-state index contributed by atoms with van der Waals surface area (Å²) < 4.78 is 28.4. The van der Waals surface area contributed by atoms with Gasteiger partial charge >= 0.3 is 0 Å². The number of sulfonamides is 1. The first-order chi connectivity index (χ1) is 13.4. The SMILES string of the molecule is CCCc1cc(=O)[nH]c(SC2CCCCC2NS(=O)(=O)c2ccc(Cl)cc2)n1. The molecule has 9 heteroatoms. The molecule has 1 aliphatic rings. The van der Waals surface area contributed by atoms with Crippen molar-refractivity contribution in [2.45, 2.75) is 66.8 Å². The summed E-state index contributed by atoms with van der Waals surface area (Å²) in [6.45, 7) is 2.04. The van der Waals surface area contributed by atoms with Crippen molar-refractivity contribution in [1.82, 2.24) is 14.7 Å². The number of rotatable bonds is 7. The monoisotopic (exact) mass is 441 g/mol. The number of thioether (sulfide) groups is 1. The maximum absolute atomic E-state index is 12.8. The van der Waals surface area contributed by atoms with Crippen LogP contribution in [-0.2, 0) is 16.4 Å². The third kappa shape index (κ3) is 5.59. The van der Waals surface area contributed by atoms with E-state index in [1.807, 2.05) is 6.92 Å². The minimum Gasteiger partial charge on any atom is -0.301 e. The fraction of sp³-hybridized carbons (Fsp3) is 0.474. The molecule has 152 valence electrons. The minimum atomic E-state index is -3.64. The average molecular weight is 442 g/mol. The molecule has 6 nitrogen and oxygen atoms in total. The zero-order valence-corrected chi connectivity index (χ0v) is 18.0. The molecule has 0 bridgehead atoms. The number of H-pyrrole nitrogens is 1. The van der Waals surface area contributed by atoms with Crippen LogP contribution in [0.3, 0.4) is 0 Å². The first-order valence-electron chi connectivity index (χ1n) is 9.42. The van der Waals surface area contributed by atoms with Gasteiger partial charge in [-0.1, -0.05) is 49.5 Å². The summed E-state index contributed by atoms with van der Waals surface area (Å²) in [5, 5.41) is 1.06. The Hall–Kier alpha value is -1.35. The Morgan fingerprint density at radius 1 is 1.25 bits per heavy atom. The smallest absolute Gasteiger partial charge is 0.251 e. The molecule has 0 amide bonds. The lowest BCUT2D eigenvalue weighted by Gasteiger charge is -2.31. The molecular formula is C19H24ClN3O3S2. The number of hydrogen-bond donors (Lipinski definition) is 2. The lowest BCUT2D eigenvalue weighted by molar-refractivity contribution is 0.422. The number of aromatic nitrogens is 2. The van der Waals surface area contributed by atoms with Crippen LogP contribution in [0.5, 0.6) is 0 Å². The minimum absolute atomic E-state index is 0.0100. The highest BCUT2D eigenvalue weighted by molar-refractivity contribution is 7.99. The van der Waals surface area contributed by atoms with Crippen LogP contribution in [0.15, 0.2) is 45.2 Å². The Balaban J connectivity index is 1.77. The average Bonchev–Trinajstić information content (AvgIpc) is 2.63. The normalized spacial score (nSPS) is 20.2. The number of nitrogens with zero attached hydrogens (tertiary/aromatic N) is 1.